The fourth-order valence-corrected chi connectivity index (χ4v) is 2.98. The van der Waals surface area contributed by atoms with Crippen molar-refractivity contribution in [2.45, 2.75) is 57.2 Å². The van der Waals surface area contributed by atoms with Gasteiger partial charge in [0, 0.05) is 32.7 Å². The molecule has 2 aliphatic heterocycles. The molecule has 0 radical (unpaired) electrons. The molecule has 2 rings (SSSR count). The van der Waals surface area contributed by atoms with E-state index in [1.54, 1.807) is 0 Å². The molecule has 1 atom stereocenters. The van der Waals surface area contributed by atoms with E-state index in [-0.39, 0.29) is 12.0 Å². The standard InChI is InChI=1S/C15H28N2O3/c16-8-12-20-14-6-9-17(10-7-14)15(18)5-4-13-3-1-2-11-19-13/h13-14H,1-12,16H2. The molecule has 116 valence electrons. The number of likely N-dealkylation sites (tertiary alicyclic amines) is 1. The van der Waals surface area contributed by atoms with Crippen LogP contribution >= 0.6 is 0 Å². The van der Waals surface area contributed by atoms with Gasteiger partial charge in [-0.3, -0.25) is 4.79 Å². The van der Waals surface area contributed by atoms with Gasteiger partial charge < -0.3 is 20.1 Å². The number of rotatable bonds is 6. The van der Waals surface area contributed by atoms with Crippen molar-refractivity contribution in [1.29, 1.82) is 0 Å². The second-order valence-corrected chi connectivity index (χ2v) is 5.77. The molecule has 2 heterocycles. The molecular formula is C15H28N2O3. The fraction of sp³-hybridized carbons (Fsp3) is 0.933. The number of amides is 1. The minimum Gasteiger partial charge on any atom is -0.378 e. The van der Waals surface area contributed by atoms with Crippen LogP contribution in [0.1, 0.15) is 44.9 Å². The number of hydrogen-bond donors (Lipinski definition) is 1. The summed E-state index contributed by atoms with van der Waals surface area (Å²) in [5.74, 6) is 0.274. The van der Waals surface area contributed by atoms with Crippen molar-refractivity contribution in [3.63, 3.8) is 0 Å². The summed E-state index contributed by atoms with van der Waals surface area (Å²) in [4.78, 5) is 14.1. The van der Waals surface area contributed by atoms with E-state index >= 15 is 0 Å². The second-order valence-electron chi connectivity index (χ2n) is 5.77. The molecule has 0 saturated carbocycles. The third-order valence-electron chi connectivity index (χ3n) is 4.22. The van der Waals surface area contributed by atoms with E-state index in [0.717, 1.165) is 45.4 Å². The maximum Gasteiger partial charge on any atom is 0.222 e. The minimum atomic E-state index is 0.274. The highest BCUT2D eigenvalue weighted by molar-refractivity contribution is 5.76. The SMILES string of the molecule is NCCOC1CCN(C(=O)CCC2CCCCO2)CC1. The van der Waals surface area contributed by atoms with Gasteiger partial charge in [0.2, 0.25) is 5.91 Å². The molecule has 0 bridgehead atoms. The zero-order valence-corrected chi connectivity index (χ0v) is 12.4. The molecule has 2 fully saturated rings. The van der Waals surface area contributed by atoms with E-state index < -0.39 is 0 Å². The van der Waals surface area contributed by atoms with Crippen LogP contribution in [0.2, 0.25) is 0 Å². The Balaban J connectivity index is 1.61. The van der Waals surface area contributed by atoms with Gasteiger partial charge in [-0.15, -0.1) is 0 Å². The molecule has 5 heteroatoms. The van der Waals surface area contributed by atoms with Gasteiger partial charge in [0.05, 0.1) is 18.8 Å². The highest BCUT2D eigenvalue weighted by Gasteiger charge is 2.24. The van der Waals surface area contributed by atoms with Crippen LogP contribution in [0.5, 0.6) is 0 Å². The highest BCUT2D eigenvalue weighted by atomic mass is 16.5. The number of piperidine rings is 1. The predicted octanol–water partition coefficient (Wildman–Crippen LogP) is 1.30. The second kappa shape index (κ2) is 8.60. The lowest BCUT2D eigenvalue weighted by Gasteiger charge is -2.32. The summed E-state index contributed by atoms with van der Waals surface area (Å²) in [5, 5.41) is 0. The van der Waals surface area contributed by atoms with Crippen LogP contribution in [0.3, 0.4) is 0 Å². The first-order valence-electron chi connectivity index (χ1n) is 8.00. The van der Waals surface area contributed by atoms with E-state index in [0.29, 0.717) is 25.7 Å². The molecule has 1 amide bonds. The molecule has 2 N–H and O–H groups in total. The van der Waals surface area contributed by atoms with E-state index in [1.165, 1.54) is 12.8 Å². The fourth-order valence-electron chi connectivity index (χ4n) is 2.98. The van der Waals surface area contributed by atoms with Crippen LogP contribution in [0.25, 0.3) is 0 Å². The van der Waals surface area contributed by atoms with E-state index in [4.69, 9.17) is 15.2 Å². The molecule has 2 aliphatic rings. The molecule has 0 aromatic heterocycles. The summed E-state index contributed by atoms with van der Waals surface area (Å²) in [6, 6.07) is 0. The van der Waals surface area contributed by atoms with E-state index in [2.05, 4.69) is 0 Å². The summed E-state index contributed by atoms with van der Waals surface area (Å²) < 4.78 is 11.3. The molecule has 20 heavy (non-hydrogen) atoms. The maximum absolute atomic E-state index is 12.2. The summed E-state index contributed by atoms with van der Waals surface area (Å²) >= 11 is 0. The van der Waals surface area contributed by atoms with Gasteiger partial charge in [-0.25, -0.2) is 0 Å². The molecule has 2 saturated heterocycles. The molecule has 0 aliphatic carbocycles. The van der Waals surface area contributed by atoms with Gasteiger partial charge in [-0.1, -0.05) is 0 Å². The van der Waals surface area contributed by atoms with Gasteiger partial charge in [-0.05, 0) is 38.5 Å². The number of nitrogens with zero attached hydrogens (tertiary/aromatic N) is 1. The maximum atomic E-state index is 12.2. The first kappa shape index (κ1) is 15.7. The summed E-state index contributed by atoms with van der Waals surface area (Å²) in [5.41, 5.74) is 5.43. The molecule has 0 aromatic carbocycles. The average molecular weight is 284 g/mol. The van der Waals surface area contributed by atoms with Gasteiger partial charge in [0.25, 0.3) is 0 Å². The van der Waals surface area contributed by atoms with Crippen molar-refractivity contribution >= 4 is 5.91 Å². The first-order chi connectivity index (χ1) is 9.79. The van der Waals surface area contributed by atoms with Crippen LogP contribution in [0.4, 0.5) is 0 Å². The van der Waals surface area contributed by atoms with Gasteiger partial charge >= 0.3 is 0 Å². The van der Waals surface area contributed by atoms with Gasteiger partial charge in [-0.2, -0.15) is 0 Å². The Bertz CT molecular complexity index is 285. The molecule has 5 nitrogen and oxygen atoms in total. The van der Waals surface area contributed by atoms with Crippen LogP contribution in [0.15, 0.2) is 0 Å². The zero-order chi connectivity index (χ0) is 14.2. The Morgan fingerprint density at radius 3 is 2.70 bits per heavy atom. The Morgan fingerprint density at radius 1 is 1.25 bits per heavy atom. The predicted molar refractivity (Wildman–Crippen MR) is 77.4 cm³/mol. The molecule has 0 spiro atoms. The largest absolute Gasteiger partial charge is 0.378 e. The lowest BCUT2D eigenvalue weighted by Crippen LogP contribution is -2.41. The first-order valence-corrected chi connectivity index (χ1v) is 8.00. The zero-order valence-electron chi connectivity index (χ0n) is 12.4. The van der Waals surface area contributed by atoms with E-state index in [1.807, 2.05) is 4.90 Å². The molecule has 0 aromatic rings. The summed E-state index contributed by atoms with van der Waals surface area (Å²) in [6.45, 7) is 3.69. The number of ether oxygens (including phenoxy) is 2. The molecule has 1 unspecified atom stereocenters. The number of carbonyl (C=O) groups excluding carboxylic acids is 1. The monoisotopic (exact) mass is 284 g/mol. The third kappa shape index (κ3) is 5.04. The number of hydrogen-bond acceptors (Lipinski definition) is 4. The summed E-state index contributed by atoms with van der Waals surface area (Å²) in [7, 11) is 0. The third-order valence-corrected chi connectivity index (χ3v) is 4.22. The minimum absolute atomic E-state index is 0.274. The van der Waals surface area contributed by atoms with Crippen molar-refractivity contribution in [2.24, 2.45) is 5.73 Å². The lowest BCUT2D eigenvalue weighted by atomic mass is 10.0. The van der Waals surface area contributed by atoms with Crippen molar-refractivity contribution < 1.29 is 14.3 Å². The van der Waals surface area contributed by atoms with Crippen molar-refractivity contribution in [3.05, 3.63) is 0 Å². The van der Waals surface area contributed by atoms with Crippen LogP contribution in [-0.4, -0.2) is 55.9 Å². The van der Waals surface area contributed by atoms with Crippen molar-refractivity contribution in [1.82, 2.24) is 4.90 Å². The highest BCUT2D eigenvalue weighted by Crippen LogP contribution is 2.19. The Kier molecular flexibility index (Phi) is 6.76. The Hall–Kier alpha value is -0.650. The molecular weight excluding hydrogens is 256 g/mol. The quantitative estimate of drug-likeness (QED) is 0.798. The lowest BCUT2D eigenvalue weighted by molar-refractivity contribution is -0.134. The normalized spacial score (nSPS) is 24.9. The van der Waals surface area contributed by atoms with Gasteiger partial charge in [0.1, 0.15) is 0 Å². The van der Waals surface area contributed by atoms with E-state index in [9.17, 15) is 4.79 Å². The number of carbonyl (C=O) groups is 1. The average Bonchev–Trinajstić information content (AvgIpc) is 2.52. The van der Waals surface area contributed by atoms with Crippen LogP contribution < -0.4 is 5.73 Å². The smallest absolute Gasteiger partial charge is 0.222 e. The Labute approximate surface area is 121 Å². The summed E-state index contributed by atoms with van der Waals surface area (Å²) in [6.07, 6.45) is 7.48. The topological polar surface area (TPSA) is 64.8 Å². The van der Waals surface area contributed by atoms with Crippen molar-refractivity contribution in [2.75, 3.05) is 32.8 Å². The van der Waals surface area contributed by atoms with Gasteiger partial charge in [0.15, 0.2) is 0 Å². The van der Waals surface area contributed by atoms with Crippen molar-refractivity contribution in [3.8, 4) is 0 Å². The Morgan fingerprint density at radius 2 is 2.05 bits per heavy atom. The number of nitrogens with two attached hydrogens (primary N) is 1. The van der Waals surface area contributed by atoms with Crippen LogP contribution in [-0.2, 0) is 14.3 Å². The van der Waals surface area contributed by atoms with Crippen LogP contribution in [0, 0.1) is 0 Å².